The number of hydrogen-bond donors (Lipinski definition) is 3. The van der Waals surface area contributed by atoms with Gasteiger partial charge in [-0.05, 0) is 12.3 Å². The minimum atomic E-state index is -0.985. The highest BCUT2D eigenvalue weighted by atomic mass is 16.4. The summed E-state index contributed by atoms with van der Waals surface area (Å²) in [5, 5.41) is 23.2. The molecule has 2 aromatic rings. The van der Waals surface area contributed by atoms with Crippen molar-refractivity contribution >= 4 is 22.6 Å². The molecule has 0 fully saturated rings. The first kappa shape index (κ1) is 15.3. The first-order chi connectivity index (χ1) is 10.0. The molecule has 2 rings (SSSR count). The SMILES string of the molecule is CC(C)C(CCO)Nc1ncc(C(=O)O)c2ccccc12. The Morgan fingerprint density at radius 1 is 1.29 bits per heavy atom. The number of aliphatic hydroxyl groups is 1. The van der Waals surface area contributed by atoms with Crippen molar-refractivity contribution in [3.8, 4) is 0 Å². The molecule has 5 nitrogen and oxygen atoms in total. The highest BCUT2D eigenvalue weighted by Gasteiger charge is 2.17. The van der Waals surface area contributed by atoms with Crippen molar-refractivity contribution in [2.75, 3.05) is 11.9 Å². The summed E-state index contributed by atoms with van der Waals surface area (Å²) in [5.74, 6) is 0.000584. The number of carbonyl (C=O) groups is 1. The summed E-state index contributed by atoms with van der Waals surface area (Å²) in [4.78, 5) is 15.5. The Morgan fingerprint density at radius 3 is 2.52 bits per heavy atom. The van der Waals surface area contributed by atoms with E-state index < -0.39 is 5.97 Å². The number of rotatable bonds is 6. The number of pyridine rings is 1. The first-order valence-electron chi connectivity index (χ1n) is 7.03. The van der Waals surface area contributed by atoms with E-state index in [0.29, 0.717) is 23.5 Å². The van der Waals surface area contributed by atoms with Crippen LogP contribution in [0.3, 0.4) is 0 Å². The van der Waals surface area contributed by atoms with Crippen LogP contribution >= 0.6 is 0 Å². The van der Waals surface area contributed by atoms with Crippen molar-refractivity contribution in [1.29, 1.82) is 0 Å². The Labute approximate surface area is 123 Å². The maximum Gasteiger partial charge on any atom is 0.337 e. The lowest BCUT2D eigenvalue weighted by Gasteiger charge is -2.23. The van der Waals surface area contributed by atoms with E-state index in [9.17, 15) is 9.90 Å². The van der Waals surface area contributed by atoms with Gasteiger partial charge in [0.2, 0.25) is 0 Å². The summed E-state index contributed by atoms with van der Waals surface area (Å²) < 4.78 is 0. The molecule has 0 amide bonds. The van der Waals surface area contributed by atoms with Crippen molar-refractivity contribution in [2.45, 2.75) is 26.3 Å². The number of benzene rings is 1. The summed E-state index contributed by atoms with van der Waals surface area (Å²) in [5.41, 5.74) is 0.194. The van der Waals surface area contributed by atoms with Gasteiger partial charge in [0.25, 0.3) is 0 Å². The van der Waals surface area contributed by atoms with Crippen molar-refractivity contribution in [2.24, 2.45) is 5.92 Å². The molecule has 112 valence electrons. The fourth-order valence-electron chi connectivity index (χ4n) is 2.36. The van der Waals surface area contributed by atoms with Gasteiger partial charge in [-0.1, -0.05) is 38.1 Å². The van der Waals surface area contributed by atoms with Gasteiger partial charge in [-0.2, -0.15) is 0 Å². The molecule has 0 spiro atoms. The number of anilines is 1. The minimum absolute atomic E-state index is 0.0848. The lowest BCUT2D eigenvalue weighted by atomic mass is 10.0. The second kappa shape index (κ2) is 6.54. The molecule has 1 aromatic carbocycles. The summed E-state index contributed by atoms with van der Waals surface area (Å²) in [7, 11) is 0. The molecular weight excluding hydrogens is 268 g/mol. The highest BCUT2D eigenvalue weighted by Crippen LogP contribution is 2.26. The lowest BCUT2D eigenvalue weighted by molar-refractivity contribution is 0.0698. The molecule has 0 aliphatic heterocycles. The molecule has 0 aliphatic rings. The summed E-state index contributed by atoms with van der Waals surface area (Å²) in [6, 6.07) is 7.39. The lowest BCUT2D eigenvalue weighted by Crippen LogP contribution is -2.27. The van der Waals surface area contributed by atoms with Crippen LogP contribution in [-0.4, -0.2) is 33.8 Å². The largest absolute Gasteiger partial charge is 0.478 e. The Morgan fingerprint density at radius 2 is 1.95 bits per heavy atom. The van der Waals surface area contributed by atoms with Gasteiger partial charge in [0.15, 0.2) is 0 Å². The number of aromatic nitrogens is 1. The van der Waals surface area contributed by atoms with Gasteiger partial charge in [-0.15, -0.1) is 0 Å². The average Bonchev–Trinajstić information content (AvgIpc) is 2.46. The fraction of sp³-hybridized carbons (Fsp3) is 0.375. The van der Waals surface area contributed by atoms with Crippen LogP contribution < -0.4 is 5.32 Å². The van der Waals surface area contributed by atoms with E-state index in [2.05, 4.69) is 24.1 Å². The summed E-state index contributed by atoms with van der Waals surface area (Å²) in [6.07, 6.45) is 2.00. The molecule has 1 atom stereocenters. The minimum Gasteiger partial charge on any atom is -0.478 e. The zero-order valence-corrected chi connectivity index (χ0v) is 12.2. The molecule has 0 radical (unpaired) electrons. The highest BCUT2D eigenvalue weighted by molar-refractivity contribution is 6.06. The predicted octanol–water partition coefficient (Wildman–Crippen LogP) is 2.75. The van der Waals surface area contributed by atoms with Crippen LogP contribution in [-0.2, 0) is 0 Å². The van der Waals surface area contributed by atoms with Crippen LogP contribution in [0, 0.1) is 5.92 Å². The molecule has 5 heteroatoms. The van der Waals surface area contributed by atoms with Gasteiger partial charge in [0.1, 0.15) is 5.82 Å². The molecular formula is C16H20N2O3. The molecule has 0 saturated carbocycles. The summed E-state index contributed by atoms with van der Waals surface area (Å²) >= 11 is 0. The number of nitrogens with zero attached hydrogens (tertiary/aromatic N) is 1. The molecule has 0 bridgehead atoms. The standard InChI is InChI=1S/C16H20N2O3/c1-10(2)14(7-8-19)18-15-12-6-4-3-5-11(12)13(9-17-15)16(20)21/h3-6,9-10,14,19H,7-8H2,1-2H3,(H,17,18)(H,20,21). The van der Waals surface area contributed by atoms with Crippen LogP contribution in [0.2, 0.25) is 0 Å². The second-order valence-electron chi connectivity index (χ2n) is 5.38. The van der Waals surface area contributed by atoms with Gasteiger partial charge in [0.05, 0.1) is 5.56 Å². The molecule has 0 aliphatic carbocycles. The maximum atomic E-state index is 11.3. The van der Waals surface area contributed by atoms with E-state index in [1.54, 1.807) is 6.07 Å². The number of nitrogens with one attached hydrogen (secondary N) is 1. The molecule has 0 saturated heterocycles. The Balaban J connectivity index is 2.46. The van der Waals surface area contributed by atoms with Crippen molar-refractivity contribution in [3.63, 3.8) is 0 Å². The average molecular weight is 288 g/mol. The third kappa shape index (κ3) is 3.31. The van der Waals surface area contributed by atoms with Crippen LogP contribution in [0.15, 0.2) is 30.5 Å². The molecule has 1 aromatic heterocycles. The second-order valence-corrected chi connectivity index (χ2v) is 5.38. The third-order valence-corrected chi connectivity index (χ3v) is 3.59. The zero-order valence-electron chi connectivity index (χ0n) is 12.2. The van der Waals surface area contributed by atoms with Gasteiger partial charge >= 0.3 is 5.97 Å². The Kier molecular flexibility index (Phi) is 4.75. The van der Waals surface area contributed by atoms with Gasteiger partial charge in [-0.3, -0.25) is 0 Å². The number of carboxylic acids is 1. The van der Waals surface area contributed by atoms with Gasteiger partial charge in [-0.25, -0.2) is 9.78 Å². The topological polar surface area (TPSA) is 82.5 Å². The number of fused-ring (bicyclic) bond motifs is 1. The van der Waals surface area contributed by atoms with Crippen LogP contribution in [0.5, 0.6) is 0 Å². The van der Waals surface area contributed by atoms with Crippen LogP contribution in [0.4, 0.5) is 5.82 Å². The normalized spacial score (nSPS) is 12.6. The van der Waals surface area contributed by atoms with Crippen LogP contribution in [0.1, 0.15) is 30.6 Å². The fourth-order valence-corrected chi connectivity index (χ4v) is 2.36. The molecule has 21 heavy (non-hydrogen) atoms. The molecule has 1 unspecified atom stereocenters. The van der Waals surface area contributed by atoms with Crippen molar-refractivity contribution < 1.29 is 15.0 Å². The van der Waals surface area contributed by atoms with E-state index in [1.165, 1.54) is 6.20 Å². The predicted molar refractivity (Wildman–Crippen MR) is 82.7 cm³/mol. The van der Waals surface area contributed by atoms with Crippen molar-refractivity contribution in [3.05, 3.63) is 36.0 Å². The van der Waals surface area contributed by atoms with E-state index >= 15 is 0 Å². The van der Waals surface area contributed by atoms with Crippen molar-refractivity contribution in [1.82, 2.24) is 4.98 Å². The van der Waals surface area contributed by atoms with Gasteiger partial charge in [0, 0.05) is 29.6 Å². The third-order valence-electron chi connectivity index (χ3n) is 3.59. The summed E-state index contributed by atoms with van der Waals surface area (Å²) in [6.45, 7) is 4.24. The van der Waals surface area contributed by atoms with E-state index in [0.717, 1.165) is 5.39 Å². The zero-order chi connectivity index (χ0) is 15.4. The molecule has 3 N–H and O–H groups in total. The van der Waals surface area contributed by atoms with E-state index in [-0.39, 0.29) is 18.2 Å². The molecule has 1 heterocycles. The number of aromatic carboxylic acids is 1. The first-order valence-corrected chi connectivity index (χ1v) is 7.03. The number of aliphatic hydroxyl groups excluding tert-OH is 1. The monoisotopic (exact) mass is 288 g/mol. The van der Waals surface area contributed by atoms with E-state index in [1.807, 2.05) is 18.2 Å². The number of hydrogen-bond acceptors (Lipinski definition) is 4. The van der Waals surface area contributed by atoms with Gasteiger partial charge < -0.3 is 15.5 Å². The Bertz CT molecular complexity index is 640. The number of carboxylic acid groups (broad SMARTS) is 1. The van der Waals surface area contributed by atoms with Crippen LogP contribution in [0.25, 0.3) is 10.8 Å². The maximum absolute atomic E-state index is 11.3. The smallest absolute Gasteiger partial charge is 0.337 e. The quantitative estimate of drug-likeness (QED) is 0.761. The Hall–Kier alpha value is -2.14. The van der Waals surface area contributed by atoms with E-state index in [4.69, 9.17) is 5.11 Å².